The fraction of sp³-hybridized carbons (Fsp3) is 0.500. The lowest BCUT2D eigenvalue weighted by atomic mass is 9.48. The molecule has 238 valence electrons. The second-order valence-electron chi connectivity index (χ2n) is 13.3. The van der Waals surface area contributed by atoms with E-state index in [1.54, 1.807) is 42.5 Å². The van der Waals surface area contributed by atoms with Crippen molar-refractivity contribution in [2.45, 2.75) is 70.0 Å². The van der Waals surface area contributed by atoms with Gasteiger partial charge in [-0.2, -0.15) is 0 Å². The fourth-order valence-corrected chi connectivity index (χ4v) is 9.11. The van der Waals surface area contributed by atoms with Gasteiger partial charge in [0, 0.05) is 17.0 Å². The summed E-state index contributed by atoms with van der Waals surface area (Å²) in [5, 5.41) is 12.1. The van der Waals surface area contributed by atoms with Crippen LogP contribution >= 0.6 is 11.6 Å². The van der Waals surface area contributed by atoms with E-state index in [-0.39, 0.29) is 17.5 Å². The van der Waals surface area contributed by atoms with Crippen LogP contribution in [0, 0.1) is 23.2 Å². The molecular weight excluding hydrogens is 598 g/mol. The van der Waals surface area contributed by atoms with Crippen molar-refractivity contribution in [3.05, 3.63) is 64.7 Å². The summed E-state index contributed by atoms with van der Waals surface area (Å²) in [4.78, 5) is 70.5. The predicted molar refractivity (Wildman–Crippen MR) is 166 cm³/mol. The summed E-state index contributed by atoms with van der Waals surface area (Å²) in [5.41, 5.74) is 1.02. The van der Waals surface area contributed by atoms with Crippen molar-refractivity contribution in [2.24, 2.45) is 23.2 Å². The van der Waals surface area contributed by atoms with Crippen LogP contribution in [-0.4, -0.2) is 65.4 Å². The summed E-state index contributed by atoms with van der Waals surface area (Å²) < 4.78 is 5.20. The Balaban J connectivity index is 1.50. The monoisotopic (exact) mass is 635 g/mol. The number of carboxylic acid groups (broad SMARTS) is 1. The first kappa shape index (κ1) is 31.1. The molecule has 0 saturated heterocycles. The molecule has 4 bridgehead atoms. The van der Waals surface area contributed by atoms with Crippen LogP contribution in [0.15, 0.2) is 48.5 Å². The summed E-state index contributed by atoms with van der Waals surface area (Å²) in [6, 6.07) is 11.2. The maximum absolute atomic E-state index is 15.1. The standard InChI is InChI=1S/C34H38ClN3O7/c1-45-33(44)38-27(31(42)36-18-30(40)41)13-29(39)24-7-3-5-9-26(24)37(19-23-6-2-4-8-25(23)35)32(43)28(38)17-34-14-20-10-21(15-34)12-22(11-20)16-34/h2-9,20-22,27-28H,10-19H2,1H3,(H,36,42)(H,40,41)/t20?,21?,22?,27-,28+,34?/m1/s1. The Morgan fingerprint density at radius 2 is 1.60 bits per heavy atom. The first-order valence-electron chi connectivity index (χ1n) is 15.6. The lowest BCUT2D eigenvalue weighted by Crippen LogP contribution is -2.61. The van der Waals surface area contributed by atoms with Crippen molar-refractivity contribution in [3.8, 4) is 0 Å². The van der Waals surface area contributed by atoms with E-state index in [2.05, 4.69) is 5.32 Å². The minimum absolute atomic E-state index is 0.0328. The quantitative estimate of drug-likeness (QED) is 0.434. The number of aliphatic carboxylic acids is 1. The minimum atomic E-state index is -1.47. The number of rotatable bonds is 7. The number of hydrogen-bond donors (Lipinski definition) is 2. The fourth-order valence-electron chi connectivity index (χ4n) is 8.92. The molecule has 4 fully saturated rings. The molecule has 0 spiro atoms. The van der Waals surface area contributed by atoms with E-state index < -0.39 is 54.7 Å². The number of ether oxygens (including phenoxy) is 1. The van der Waals surface area contributed by atoms with E-state index in [1.165, 1.54) is 31.3 Å². The number of para-hydroxylation sites is 1. The number of halogens is 1. The number of amides is 3. The van der Waals surface area contributed by atoms with Gasteiger partial charge in [-0.15, -0.1) is 0 Å². The van der Waals surface area contributed by atoms with Crippen LogP contribution in [-0.2, 0) is 25.7 Å². The van der Waals surface area contributed by atoms with Gasteiger partial charge >= 0.3 is 12.1 Å². The van der Waals surface area contributed by atoms with Gasteiger partial charge in [0.1, 0.15) is 18.6 Å². The van der Waals surface area contributed by atoms with Gasteiger partial charge in [0.05, 0.1) is 19.3 Å². The highest BCUT2D eigenvalue weighted by Gasteiger charge is 2.54. The number of carbonyl (C=O) groups is 5. The summed E-state index contributed by atoms with van der Waals surface area (Å²) in [6.07, 6.45) is 5.28. The molecule has 1 heterocycles. The molecule has 0 unspecified atom stereocenters. The van der Waals surface area contributed by atoms with E-state index in [0.29, 0.717) is 40.4 Å². The lowest BCUT2D eigenvalue weighted by molar-refractivity contribution is -0.140. The minimum Gasteiger partial charge on any atom is -0.480 e. The van der Waals surface area contributed by atoms with Crippen LogP contribution in [0.5, 0.6) is 0 Å². The first-order valence-corrected chi connectivity index (χ1v) is 16.0. The number of fused-ring (bicyclic) bond motifs is 1. The Hall–Kier alpha value is -3.92. The Kier molecular flexibility index (Phi) is 8.61. The highest BCUT2D eigenvalue weighted by molar-refractivity contribution is 6.31. The number of nitrogens with one attached hydrogen (secondary N) is 1. The third-order valence-electron chi connectivity index (χ3n) is 10.3. The number of Topliss-reactive ketones (excluding diaryl/α,β-unsaturated/α-hetero) is 1. The van der Waals surface area contributed by atoms with Crippen LogP contribution in [0.3, 0.4) is 0 Å². The van der Waals surface area contributed by atoms with Crippen LogP contribution in [0.2, 0.25) is 5.02 Å². The third-order valence-corrected chi connectivity index (χ3v) is 10.6. The normalized spacial score (nSPS) is 29.0. The second-order valence-corrected chi connectivity index (χ2v) is 13.7. The van der Waals surface area contributed by atoms with Gasteiger partial charge in [-0.3, -0.25) is 24.1 Å². The van der Waals surface area contributed by atoms with E-state index in [4.69, 9.17) is 16.3 Å². The second kappa shape index (κ2) is 12.5. The van der Waals surface area contributed by atoms with Crippen LogP contribution in [0.4, 0.5) is 10.5 Å². The molecule has 7 rings (SSSR count). The van der Waals surface area contributed by atoms with Crippen molar-refractivity contribution in [1.82, 2.24) is 10.2 Å². The molecular formula is C34H38ClN3O7. The van der Waals surface area contributed by atoms with Crippen LogP contribution in [0.1, 0.15) is 67.3 Å². The van der Waals surface area contributed by atoms with E-state index >= 15 is 4.79 Å². The van der Waals surface area contributed by atoms with Crippen LogP contribution < -0.4 is 10.2 Å². The zero-order valence-electron chi connectivity index (χ0n) is 25.2. The van der Waals surface area contributed by atoms with Gasteiger partial charge < -0.3 is 20.1 Å². The van der Waals surface area contributed by atoms with E-state index in [9.17, 15) is 24.3 Å². The van der Waals surface area contributed by atoms with Crippen molar-refractivity contribution >= 4 is 46.9 Å². The third kappa shape index (κ3) is 6.17. The van der Waals surface area contributed by atoms with E-state index in [1.807, 2.05) is 6.07 Å². The van der Waals surface area contributed by atoms with Crippen molar-refractivity contribution < 1.29 is 33.8 Å². The molecule has 0 radical (unpaired) electrons. The molecule has 2 aromatic rings. The van der Waals surface area contributed by atoms with Gasteiger partial charge in [0.25, 0.3) is 0 Å². The first-order chi connectivity index (χ1) is 21.6. The van der Waals surface area contributed by atoms with Gasteiger partial charge in [-0.25, -0.2) is 4.79 Å². The molecule has 4 saturated carbocycles. The number of hydrogen-bond acceptors (Lipinski definition) is 6. The smallest absolute Gasteiger partial charge is 0.410 e. The van der Waals surface area contributed by atoms with Crippen molar-refractivity contribution in [1.29, 1.82) is 0 Å². The highest BCUT2D eigenvalue weighted by atomic mass is 35.5. The number of ketones is 1. The number of methoxy groups -OCH3 is 1. The predicted octanol–water partition coefficient (Wildman–Crippen LogP) is 5.07. The highest BCUT2D eigenvalue weighted by Crippen LogP contribution is 2.62. The molecule has 4 aliphatic carbocycles. The Morgan fingerprint density at radius 1 is 0.978 bits per heavy atom. The topological polar surface area (TPSA) is 133 Å². The van der Waals surface area contributed by atoms with Gasteiger partial charge in [0.2, 0.25) is 11.8 Å². The lowest BCUT2D eigenvalue weighted by Gasteiger charge is -2.58. The molecule has 2 atom stereocenters. The molecule has 45 heavy (non-hydrogen) atoms. The molecule has 10 nitrogen and oxygen atoms in total. The Bertz CT molecular complexity index is 1490. The SMILES string of the molecule is COC(=O)N1[C@@H](C(=O)NCC(=O)O)CC(=O)c2ccccc2N(Cc2ccccc2Cl)C(=O)[C@@H]1CC12CC3CC(CC(C3)C1)C2. The maximum atomic E-state index is 15.1. The Morgan fingerprint density at radius 3 is 2.22 bits per heavy atom. The summed E-state index contributed by atoms with van der Waals surface area (Å²) in [7, 11) is 1.17. The molecule has 3 amide bonds. The van der Waals surface area contributed by atoms with Crippen molar-refractivity contribution in [3.63, 3.8) is 0 Å². The average Bonchev–Trinajstić information content (AvgIpc) is 3.03. The molecule has 5 aliphatic rings. The molecule has 11 heteroatoms. The number of nitrogens with zero attached hydrogens (tertiary/aromatic N) is 2. The average molecular weight is 636 g/mol. The van der Waals surface area contributed by atoms with Gasteiger partial charge in [-0.1, -0.05) is 41.9 Å². The maximum Gasteiger partial charge on any atom is 0.410 e. The zero-order valence-corrected chi connectivity index (χ0v) is 26.0. The number of carbonyl (C=O) groups excluding carboxylic acids is 4. The molecule has 0 aromatic heterocycles. The number of anilines is 1. The number of carboxylic acids is 1. The molecule has 1 aliphatic heterocycles. The van der Waals surface area contributed by atoms with Crippen LogP contribution in [0.25, 0.3) is 0 Å². The molecule has 2 N–H and O–H groups in total. The largest absolute Gasteiger partial charge is 0.480 e. The van der Waals surface area contributed by atoms with Crippen molar-refractivity contribution in [2.75, 3.05) is 18.6 Å². The van der Waals surface area contributed by atoms with Gasteiger partial charge in [-0.05, 0) is 91.9 Å². The summed E-state index contributed by atoms with van der Waals surface area (Å²) in [5.74, 6) is -1.35. The van der Waals surface area contributed by atoms with Gasteiger partial charge in [0.15, 0.2) is 5.78 Å². The summed E-state index contributed by atoms with van der Waals surface area (Å²) in [6.45, 7) is -0.674. The number of benzene rings is 2. The summed E-state index contributed by atoms with van der Waals surface area (Å²) >= 11 is 6.57. The molecule has 2 aromatic carbocycles. The zero-order chi connectivity index (χ0) is 31.9. The van der Waals surface area contributed by atoms with E-state index in [0.717, 1.165) is 24.2 Å². The Labute approximate surface area is 267 Å².